The number of H-pyrrole nitrogens is 1. The first-order valence-corrected chi connectivity index (χ1v) is 9.89. The van der Waals surface area contributed by atoms with Gasteiger partial charge < -0.3 is 10.0 Å². The second-order valence-corrected chi connectivity index (χ2v) is 6.99. The second-order valence-electron chi connectivity index (χ2n) is 6.99. The Balaban J connectivity index is 1.61. The molecule has 0 unspecified atom stereocenters. The van der Waals surface area contributed by atoms with Gasteiger partial charge in [0.15, 0.2) is 11.6 Å². The third kappa shape index (κ3) is 4.40. The molecular weight excluding hydrogens is 394 g/mol. The van der Waals surface area contributed by atoms with E-state index in [-0.39, 0.29) is 5.56 Å². The van der Waals surface area contributed by atoms with Crippen molar-refractivity contribution in [3.8, 4) is 22.5 Å². The maximum absolute atomic E-state index is 11.6. The predicted octanol–water partition coefficient (Wildman–Crippen LogP) is 3.44. The lowest BCUT2D eigenvalue weighted by atomic mass is 9.98. The van der Waals surface area contributed by atoms with Crippen LogP contribution in [0.2, 0.25) is 0 Å². The predicted molar refractivity (Wildman–Crippen MR) is 115 cm³/mol. The summed E-state index contributed by atoms with van der Waals surface area (Å²) in [6.45, 7) is 3.24. The molecule has 9 heteroatoms. The molecule has 2 heterocycles. The number of anilines is 1. The largest absolute Gasteiger partial charge is 0.478 e. The monoisotopic (exact) mass is 415 g/mol. The highest BCUT2D eigenvalue weighted by atomic mass is 16.4. The van der Waals surface area contributed by atoms with Gasteiger partial charge >= 0.3 is 5.97 Å². The minimum atomic E-state index is -1.01. The first-order valence-electron chi connectivity index (χ1n) is 9.89. The van der Waals surface area contributed by atoms with Crippen molar-refractivity contribution in [2.75, 3.05) is 11.4 Å². The van der Waals surface area contributed by atoms with E-state index in [2.05, 4.69) is 30.8 Å². The molecule has 2 aromatic heterocycles. The summed E-state index contributed by atoms with van der Waals surface area (Å²) in [5, 5.41) is 31.6. The molecule has 0 aliphatic heterocycles. The van der Waals surface area contributed by atoms with Gasteiger partial charge in [-0.25, -0.2) is 9.89 Å². The van der Waals surface area contributed by atoms with Gasteiger partial charge in [-0.1, -0.05) is 55.5 Å². The highest BCUT2D eigenvalue weighted by Crippen LogP contribution is 2.30. The number of nitrogens with one attached hydrogen (secondary N) is 1. The Bertz CT molecular complexity index is 1160. The van der Waals surface area contributed by atoms with Crippen LogP contribution in [0, 0.1) is 0 Å². The Morgan fingerprint density at radius 1 is 1.03 bits per heavy atom. The van der Waals surface area contributed by atoms with E-state index < -0.39 is 5.97 Å². The number of carboxylic acid groups (broad SMARTS) is 1. The molecule has 0 amide bonds. The van der Waals surface area contributed by atoms with Crippen molar-refractivity contribution in [3.63, 3.8) is 0 Å². The van der Waals surface area contributed by atoms with Crippen LogP contribution < -0.4 is 4.90 Å². The van der Waals surface area contributed by atoms with Crippen molar-refractivity contribution in [2.45, 2.75) is 19.9 Å². The number of hydrogen-bond acceptors (Lipinski definition) is 7. The van der Waals surface area contributed by atoms with Gasteiger partial charge in [0.25, 0.3) is 0 Å². The molecule has 0 bridgehead atoms. The molecule has 4 rings (SSSR count). The molecule has 0 saturated heterocycles. The molecule has 0 radical (unpaired) electrons. The Hall–Kier alpha value is -4.14. The fourth-order valence-electron chi connectivity index (χ4n) is 3.48. The van der Waals surface area contributed by atoms with Crippen molar-refractivity contribution >= 4 is 11.8 Å². The van der Waals surface area contributed by atoms with Crippen molar-refractivity contribution in [3.05, 3.63) is 71.9 Å². The summed E-state index contributed by atoms with van der Waals surface area (Å²) < 4.78 is 0. The maximum atomic E-state index is 11.6. The first kappa shape index (κ1) is 20.1. The smallest absolute Gasteiger partial charge is 0.339 e. The van der Waals surface area contributed by atoms with Crippen LogP contribution in [0.5, 0.6) is 0 Å². The number of aromatic nitrogens is 6. The summed E-state index contributed by atoms with van der Waals surface area (Å²) >= 11 is 0. The second kappa shape index (κ2) is 9.12. The fourth-order valence-corrected chi connectivity index (χ4v) is 3.48. The van der Waals surface area contributed by atoms with E-state index in [4.69, 9.17) is 0 Å². The van der Waals surface area contributed by atoms with Crippen molar-refractivity contribution in [1.82, 2.24) is 30.8 Å². The van der Waals surface area contributed by atoms with Gasteiger partial charge in [0.1, 0.15) is 5.56 Å². The highest BCUT2D eigenvalue weighted by molar-refractivity contribution is 5.93. The molecule has 0 spiro atoms. The van der Waals surface area contributed by atoms with Gasteiger partial charge in [0, 0.05) is 18.7 Å². The van der Waals surface area contributed by atoms with Crippen molar-refractivity contribution in [1.29, 1.82) is 0 Å². The number of carbonyl (C=O) groups is 1. The summed E-state index contributed by atoms with van der Waals surface area (Å²) in [5.41, 5.74) is 4.15. The third-order valence-corrected chi connectivity index (χ3v) is 4.89. The number of tetrazole rings is 1. The lowest BCUT2D eigenvalue weighted by Crippen LogP contribution is -2.27. The third-order valence-electron chi connectivity index (χ3n) is 4.89. The molecule has 0 atom stereocenters. The number of rotatable bonds is 8. The van der Waals surface area contributed by atoms with Crippen LogP contribution in [-0.2, 0) is 6.54 Å². The number of benzene rings is 2. The van der Waals surface area contributed by atoms with Gasteiger partial charge in [0.05, 0.1) is 6.20 Å². The Morgan fingerprint density at radius 3 is 2.48 bits per heavy atom. The number of aromatic carboxylic acids is 1. The average Bonchev–Trinajstić information content (AvgIpc) is 3.34. The van der Waals surface area contributed by atoms with E-state index in [1.165, 1.54) is 12.3 Å². The molecular formula is C22H21N7O2. The minimum Gasteiger partial charge on any atom is -0.478 e. The lowest BCUT2D eigenvalue weighted by molar-refractivity contribution is 0.0697. The maximum Gasteiger partial charge on any atom is 0.339 e. The van der Waals surface area contributed by atoms with E-state index in [1.54, 1.807) is 0 Å². The molecule has 31 heavy (non-hydrogen) atoms. The van der Waals surface area contributed by atoms with Gasteiger partial charge in [-0.05, 0) is 39.6 Å². The van der Waals surface area contributed by atoms with Crippen LogP contribution in [0.1, 0.15) is 29.3 Å². The Labute approximate surface area is 178 Å². The molecule has 0 aliphatic carbocycles. The van der Waals surface area contributed by atoms with E-state index in [0.29, 0.717) is 24.7 Å². The Kier molecular flexibility index (Phi) is 5.93. The van der Waals surface area contributed by atoms with Crippen molar-refractivity contribution < 1.29 is 9.90 Å². The molecule has 156 valence electrons. The zero-order chi connectivity index (χ0) is 21.6. The SMILES string of the molecule is CCCN(Cc1ccc(-c2ccccc2-c2nnn[nH]2)cc1)c1nnccc1C(=O)O. The summed E-state index contributed by atoms with van der Waals surface area (Å²) in [5.74, 6) is -0.0263. The van der Waals surface area contributed by atoms with Gasteiger partial charge in [-0.3, -0.25) is 0 Å². The summed E-state index contributed by atoms with van der Waals surface area (Å²) in [6.07, 6.45) is 2.25. The normalized spacial score (nSPS) is 10.7. The topological polar surface area (TPSA) is 121 Å². The quantitative estimate of drug-likeness (QED) is 0.449. The van der Waals surface area contributed by atoms with Gasteiger partial charge in [0.2, 0.25) is 0 Å². The minimum absolute atomic E-state index is 0.148. The Morgan fingerprint density at radius 2 is 1.81 bits per heavy atom. The molecule has 9 nitrogen and oxygen atoms in total. The number of carboxylic acids is 1. The highest BCUT2D eigenvalue weighted by Gasteiger charge is 2.18. The van der Waals surface area contributed by atoms with E-state index in [1.807, 2.05) is 60.4 Å². The van der Waals surface area contributed by atoms with E-state index in [0.717, 1.165) is 28.7 Å². The van der Waals surface area contributed by atoms with Crippen molar-refractivity contribution in [2.24, 2.45) is 0 Å². The lowest BCUT2D eigenvalue weighted by Gasteiger charge is -2.24. The molecule has 0 saturated carbocycles. The molecule has 2 aromatic carbocycles. The summed E-state index contributed by atoms with van der Waals surface area (Å²) in [6, 6.07) is 17.5. The van der Waals surface area contributed by atoms with E-state index >= 15 is 0 Å². The van der Waals surface area contributed by atoms with Crippen LogP contribution >= 0.6 is 0 Å². The summed E-state index contributed by atoms with van der Waals surface area (Å²) in [4.78, 5) is 13.5. The van der Waals surface area contributed by atoms with Gasteiger partial charge in [-0.2, -0.15) is 5.10 Å². The molecule has 4 aromatic rings. The molecule has 2 N–H and O–H groups in total. The number of aromatic amines is 1. The van der Waals surface area contributed by atoms with Crippen LogP contribution in [0.25, 0.3) is 22.5 Å². The van der Waals surface area contributed by atoms with Gasteiger partial charge in [-0.15, -0.1) is 10.2 Å². The zero-order valence-electron chi connectivity index (χ0n) is 16.9. The first-order chi connectivity index (χ1) is 15.2. The summed E-state index contributed by atoms with van der Waals surface area (Å²) in [7, 11) is 0. The van der Waals surface area contributed by atoms with Crippen LogP contribution in [0.3, 0.4) is 0 Å². The molecule has 0 fully saturated rings. The van der Waals surface area contributed by atoms with E-state index in [9.17, 15) is 9.90 Å². The fraction of sp³-hybridized carbons (Fsp3) is 0.182. The molecule has 0 aliphatic rings. The van der Waals surface area contributed by atoms with Crippen LogP contribution in [0.4, 0.5) is 5.82 Å². The number of hydrogen-bond donors (Lipinski definition) is 2. The van der Waals surface area contributed by atoms with Crippen LogP contribution in [-0.4, -0.2) is 48.4 Å². The standard InChI is InChI=1S/C22H21N7O2/c1-2-13-29(21-19(22(30)31)11-12-23-26-21)14-15-7-9-16(10-8-15)17-5-3-4-6-18(17)20-24-27-28-25-20/h3-12H,2,13-14H2,1H3,(H,30,31)(H,24,25,27,28). The average molecular weight is 415 g/mol. The number of nitrogens with zero attached hydrogens (tertiary/aromatic N) is 6. The van der Waals surface area contributed by atoms with Crippen LogP contribution in [0.15, 0.2) is 60.8 Å². The zero-order valence-corrected chi connectivity index (χ0v) is 16.9.